The second-order valence-corrected chi connectivity index (χ2v) is 3.88. The van der Waals surface area contributed by atoms with Crippen LogP contribution in [0.3, 0.4) is 0 Å². The van der Waals surface area contributed by atoms with Crippen LogP contribution >= 0.6 is 27.5 Å². The summed E-state index contributed by atoms with van der Waals surface area (Å²) in [4.78, 5) is 11.0. The van der Waals surface area contributed by atoms with E-state index in [9.17, 15) is 13.6 Å². The van der Waals surface area contributed by atoms with E-state index in [-0.39, 0.29) is 26.4 Å². The normalized spacial score (nSPS) is 10.7. The molecule has 0 bridgehead atoms. The first-order valence-electron chi connectivity index (χ1n) is 3.72. The molecule has 0 fully saturated rings. The molecule has 1 nitrogen and oxygen atoms in total. The molecule has 0 saturated heterocycles. The Morgan fingerprint density at radius 1 is 1.50 bits per heavy atom. The third-order valence-corrected chi connectivity index (χ3v) is 2.91. The zero-order valence-electron chi connectivity index (χ0n) is 7.15. The predicted molar refractivity (Wildman–Crippen MR) is 54.1 cm³/mol. The summed E-state index contributed by atoms with van der Waals surface area (Å²) in [5.74, 6) is -0.282. The van der Waals surface area contributed by atoms with Crippen LogP contribution in [0, 0.1) is 0 Å². The van der Waals surface area contributed by atoms with Gasteiger partial charge in [0.05, 0.1) is 10.6 Å². The summed E-state index contributed by atoms with van der Waals surface area (Å²) in [7, 11) is 0. The van der Waals surface area contributed by atoms with Crippen molar-refractivity contribution < 1.29 is 13.6 Å². The highest BCUT2D eigenvalue weighted by Crippen LogP contribution is 2.35. The monoisotopic (exact) mass is 282 g/mol. The average Bonchev–Trinajstić information content (AvgIpc) is 2.02. The lowest BCUT2D eigenvalue weighted by molar-refractivity contribution is 0.101. The van der Waals surface area contributed by atoms with Crippen molar-refractivity contribution >= 4 is 33.3 Å². The van der Waals surface area contributed by atoms with Crippen molar-refractivity contribution in [1.82, 2.24) is 0 Å². The summed E-state index contributed by atoms with van der Waals surface area (Å²) in [6.07, 6.45) is -2.70. The lowest BCUT2D eigenvalue weighted by atomic mass is 10.1. The van der Waals surface area contributed by atoms with Crippen LogP contribution in [0.2, 0.25) is 5.02 Å². The molecule has 0 radical (unpaired) electrons. The second kappa shape index (κ2) is 4.36. The zero-order valence-corrected chi connectivity index (χ0v) is 9.49. The van der Waals surface area contributed by atoms with E-state index >= 15 is 0 Å². The number of benzene rings is 1. The van der Waals surface area contributed by atoms with Crippen molar-refractivity contribution in [3.8, 4) is 0 Å². The van der Waals surface area contributed by atoms with Crippen molar-refractivity contribution in [3.05, 3.63) is 32.8 Å². The molecule has 5 heteroatoms. The van der Waals surface area contributed by atoms with E-state index in [4.69, 9.17) is 11.6 Å². The van der Waals surface area contributed by atoms with Gasteiger partial charge in [0.25, 0.3) is 6.43 Å². The number of ketones is 1. The molecule has 0 aliphatic rings. The SMILES string of the molecule is CC(=O)c1ccc(Cl)c(C(F)F)c1Br. The minimum Gasteiger partial charge on any atom is -0.294 e. The highest BCUT2D eigenvalue weighted by molar-refractivity contribution is 9.10. The van der Waals surface area contributed by atoms with Crippen LogP contribution in [0.4, 0.5) is 8.78 Å². The molecular formula is C9H6BrClF2O. The number of carbonyl (C=O) groups is 1. The summed E-state index contributed by atoms with van der Waals surface area (Å²) in [6.45, 7) is 1.31. The number of hydrogen-bond acceptors (Lipinski definition) is 1. The largest absolute Gasteiger partial charge is 0.294 e. The predicted octanol–water partition coefficient (Wildman–Crippen LogP) is 4.24. The van der Waals surface area contributed by atoms with E-state index < -0.39 is 6.43 Å². The van der Waals surface area contributed by atoms with Gasteiger partial charge in [-0.1, -0.05) is 11.6 Å². The Hall–Kier alpha value is -0.480. The molecule has 0 saturated carbocycles. The van der Waals surface area contributed by atoms with Gasteiger partial charge < -0.3 is 0 Å². The third kappa shape index (κ3) is 2.12. The molecule has 0 unspecified atom stereocenters. The van der Waals surface area contributed by atoms with E-state index in [1.54, 1.807) is 0 Å². The molecule has 0 N–H and O–H groups in total. The van der Waals surface area contributed by atoms with E-state index in [0.29, 0.717) is 0 Å². The fraction of sp³-hybridized carbons (Fsp3) is 0.222. The maximum atomic E-state index is 12.5. The fourth-order valence-electron chi connectivity index (χ4n) is 1.04. The van der Waals surface area contributed by atoms with E-state index in [0.717, 1.165) is 0 Å². The van der Waals surface area contributed by atoms with Crippen molar-refractivity contribution in [3.63, 3.8) is 0 Å². The Kier molecular flexibility index (Phi) is 3.61. The van der Waals surface area contributed by atoms with Gasteiger partial charge in [-0.25, -0.2) is 8.78 Å². The highest BCUT2D eigenvalue weighted by Gasteiger charge is 2.19. The van der Waals surface area contributed by atoms with Gasteiger partial charge in [0.15, 0.2) is 5.78 Å². The van der Waals surface area contributed by atoms with Crippen LogP contribution in [0.1, 0.15) is 29.3 Å². The van der Waals surface area contributed by atoms with Gasteiger partial charge >= 0.3 is 0 Å². The number of halogens is 4. The Labute approximate surface area is 93.2 Å². The van der Waals surface area contributed by atoms with Gasteiger partial charge in [-0.15, -0.1) is 0 Å². The summed E-state index contributed by atoms with van der Waals surface area (Å²) in [5.41, 5.74) is -0.121. The molecule has 76 valence electrons. The summed E-state index contributed by atoms with van der Waals surface area (Å²) < 4.78 is 25.1. The molecular weight excluding hydrogens is 277 g/mol. The molecule has 1 aromatic carbocycles. The van der Waals surface area contributed by atoms with Crippen LogP contribution < -0.4 is 0 Å². The topological polar surface area (TPSA) is 17.1 Å². The maximum Gasteiger partial charge on any atom is 0.266 e. The first-order valence-corrected chi connectivity index (χ1v) is 4.89. The molecule has 1 aromatic rings. The zero-order chi connectivity index (χ0) is 10.9. The molecule has 0 amide bonds. The van der Waals surface area contributed by atoms with Crippen molar-refractivity contribution in [1.29, 1.82) is 0 Å². The van der Waals surface area contributed by atoms with Gasteiger partial charge in [-0.2, -0.15) is 0 Å². The summed E-state index contributed by atoms with van der Waals surface area (Å²) in [6, 6.07) is 2.71. The number of carbonyl (C=O) groups excluding carboxylic acids is 1. The second-order valence-electron chi connectivity index (χ2n) is 2.68. The van der Waals surface area contributed by atoms with Crippen molar-refractivity contribution in [2.24, 2.45) is 0 Å². The maximum absolute atomic E-state index is 12.5. The van der Waals surface area contributed by atoms with Gasteiger partial charge in [0.2, 0.25) is 0 Å². The summed E-state index contributed by atoms with van der Waals surface area (Å²) in [5, 5.41) is -0.0446. The van der Waals surface area contributed by atoms with Crippen LogP contribution in [0.25, 0.3) is 0 Å². The molecule has 0 heterocycles. The number of Topliss-reactive ketones (excluding diaryl/α,β-unsaturated/α-hetero) is 1. The first-order chi connectivity index (χ1) is 6.45. The van der Waals surface area contributed by atoms with Gasteiger partial charge in [-0.05, 0) is 35.0 Å². The molecule has 0 aromatic heterocycles. The van der Waals surface area contributed by atoms with E-state index in [1.807, 2.05) is 0 Å². The lowest BCUT2D eigenvalue weighted by Crippen LogP contribution is -1.98. The van der Waals surface area contributed by atoms with E-state index in [1.165, 1.54) is 19.1 Å². The average molecular weight is 283 g/mol. The third-order valence-electron chi connectivity index (χ3n) is 1.72. The molecule has 0 aliphatic heterocycles. The van der Waals surface area contributed by atoms with Gasteiger partial charge in [0, 0.05) is 10.0 Å². The van der Waals surface area contributed by atoms with Crippen LogP contribution in [0.5, 0.6) is 0 Å². The standard InChI is InChI=1S/C9H6BrClF2O/c1-4(14)5-2-3-6(11)7(8(5)10)9(12)13/h2-3,9H,1H3. The number of hydrogen-bond donors (Lipinski definition) is 0. The van der Waals surface area contributed by atoms with Crippen molar-refractivity contribution in [2.45, 2.75) is 13.3 Å². The van der Waals surface area contributed by atoms with E-state index in [2.05, 4.69) is 15.9 Å². The minimum absolute atomic E-state index is 0.0446. The molecule has 0 spiro atoms. The molecule has 1 rings (SSSR count). The smallest absolute Gasteiger partial charge is 0.266 e. The van der Waals surface area contributed by atoms with Crippen LogP contribution in [-0.2, 0) is 0 Å². The number of rotatable bonds is 2. The Bertz CT molecular complexity index is 379. The highest BCUT2D eigenvalue weighted by atomic mass is 79.9. The fourth-order valence-corrected chi connectivity index (χ4v) is 2.19. The first kappa shape index (κ1) is 11.6. The van der Waals surface area contributed by atoms with Crippen molar-refractivity contribution in [2.75, 3.05) is 0 Å². The quantitative estimate of drug-likeness (QED) is 0.742. The van der Waals surface area contributed by atoms with Gasteiger partial charge in [-0.3, -0.25) is 4.79 Å². The number of alkyl halides is 2. The van der Waals surface area contributed by atoms with Crippen LogP contribution in [-0.4, -0.2) is 5.78 Å². The molecule has 0 atom stereocenters. The Morgan fingerprint density at radius 2 is 2.07 bits per heavy atom. The molecule has 14 heavy (non-hydrogen) atoms. The lowest BCUT2D eigenvalue weighted by Gasteiger charge is -2.08. The summed E-state index contributed by atoms with van der Waals surface area (Å²) >= 11 is 8.53. The van der Waals surface area contributed by atoms with Gasteiger partial charge in [0.1, 0.15) is 0 Å². The Balaban J connectivity index is 3.41. The Morgan fingerprint density at radius 3 is 2.50 bits per heavy atom. The van der Waals surface area contributed by atoms with Crippen LogP contribution in [0.15, 0.2) is 16.6 Å². The molecule has 0 aliphatic carbocycles. The minimum atomic E-state index is -2.70.